The van der Waals surface area contributed by atoms with Gasteiger partial charge in [-0.2, -0.15) is 0 Å². The minimum Gasteiger partial charge on any atom is -0.379 e. The van der Waals surface area contributed by atoms with Gasteiger partial charge in [0.25, 0.3) is 0 Å². The first-order chi connectivity index (χ1) is 25.4. The standard InChI is InChI=1S/C40H62N6O6S/c1-9-26(4)35(45(6)40(50)34(25(2)3)44-38(49)29-17-18-41-24-29)32(51-7)23-33(47)46-20-13-16-31(46)36(52-8)27(5)37(48)43-30(39-42-19-21-53-39)22-28-14-11-10-12-15-28/h10-12,14-15,19,21,25-27,29-32,34-36,41H,9,13,16-18,20,22-24H2,1-8H3,(H,43,48)(H,44,49)/t26-,27+,29?,30-,31-,32?,34-,35-,36+/m0/s1. The molecule has 13 heteroatoms. The smallest absolute Gasteiger partial charge is 0.245 e. The fourth-order valence-electron chi connectivity index (χ4n) is 7.95. The highest BCUT2D eigenvalue weighted by molar-refractivity contribution is 7.09. The molecule has 2 saturated heterocycles. The largest absolute Gasteiger partial charge is 0.379 e. The summed E-state index contributed by atoms with van der Waals surface area (Å²) in [5.41, 5.74) is 1.10. The van der Waals surface area contributed by atoms with E-state index < -0.39 is 30.2 Å². The number of ether oxygens (including phenoxy) is 2. The summed E-state index contributed by atoms with van der Waals surface area (Å²) < 4.78 is 12.1. The third-order valence-corrected chi connectivity index (χ3v) is 12.2. The lowest BCUT2D eigenvalue weighted by molar-refractivity contribution is -0.148. The number of amides is 4. The molecule has 4 amide bonds. The number of nitrogens with one attached hydrogen (secondary N) is 3. The second-order valence-electron chi connectivity index (χ2n) is 15.1. The molecule has 3 N–H and O–H groups in total. The molecule has 0 saturated carbocycles. The molecular weight excluding hydrogens is 693 g/mol. The highest BCUT2D eigenvalue weighted by Crippen LogP contribution is 2.30. The van der Waals surface area contributed by atoms with E-state index in [0.29, 0.717) is 25.9 Å². The third-order valence-electron chi connectivity index (χ3n) is 11.3. The quantitative estimate of drug-likeness (QED) is 0.194. The normalized spacial score (nSPS) is 21.3. The highest BCUT2D eigenvalue weighted by atomic mass is 32.1. The number of thiazole rings is 1. The number of methoxy groups -OCH3 is 2. The van der Waals surface area contributed by atoms with E-state index in [1.807, 2.05) is 61.4 Å². The van der Waals surface area contributed by atoms with Gasteiger partial charge in [-0.25, -0.2) is 4.98 Å². The molecule has 294 valence electrons. The second-order valence-corrected chi connectivity index (χ2v) is 16.1. The first-order valence-electron chi connectivity index (χ1n) is 19.3. The molecule has 0 radical (unpaired) electrons. The zero-order chi connectivity index (χ0) is 38.7. The zero-order valence-electron chi connectivity index (χ0n) is 32.9. The molecule has 1 aromatic heterocycles. The summed E-state index contributed by atoms with van der Waals surface area (Å²) in [6.45, 7) is 11.8. The molecule has 12 nitrogen and oxygen atoms in total. The summed E-state index contributed by atoms with van der Waals surface area (Å²) in [7, 11) is 4.94. The summed E-state index contributed by atoms with van der Waals surface area (Å²) in [5.74, 6) is -1.39. The highest BCUT2D eigenvalue weighted by Gasteiger charge is 2.43. The Hall–Kier alpha value is -3.39. The van der Waals surface area contributed by atoms with Crippen LogP contribution in [0.2, 0.25) is 0 Å². The molecule has 1 aromatic carbocycles. The van der Waals surface area contributed by atoms with Crippen LogP contribution in [-0.2, 0) is 35.1 Å². The average molecular weight is 755 g/mol. The number of benzene rings is 1. The van der Waals surface area contributed by atoms with Gasteiger partial charge in [0.05, 0.1) is 48.6 Å². The van der Waals surface area contributed by atoms with Gasteiger partial charge in [0.1, 0.15) is 11.0 Å². The molecule has 9 atom stereocenters. The number of hydrogen-bond donors (Lipinski definition) is 3. The van der Waals surface area contributed by atoms with Crippen molar-refractivity contribution in [2.24, 2.45) is 23.7 Å². The van der Waals surface area contributed by atoms with Gasteiger partial charge >= 0.3 is 0 Å². The Morgan fingerprint density at radius 1 is 1.06 bits per heavy atom. The minimum absolute atomic E-state index is 0.00993. The first-order valence-corrected chi connectivity index (χ1v) is 20.2. The predicted octanol–water partition coefficient (Wildman–Crippen LogP) is 4.21. The molecule has 2 aliphatic heterocycles. The van der Waals surface area contributed by atoms with E-state index in [2.05, 4.69) is 34.8 Å². The summed E-state index contributed by atoms with van der Waals surface area (Å²) in [6.07, 6.45) is 4.30. The van der Waals surface area contributed by atoms with Crippen LogP contribution in [-0.4, -0.2) is 110 Å². The monoisotopic (exact) mass is 754 g/mol. The fraction of sp³-hybridized carbons (Fsp3) is 0.675. The second kappa shape index (κ2) is 20.3. The van der Waals surface area contributed by atoms with Gasteiger partial charge in [-0.1, -0.05) is 71.4 Å². The number of rotatable bonds is 19. The van der Waals surface area contributed by atoms with Gasteiger partial charge in [-0.15, -0.1) is 11.3 Å². The summed E-state index contributed by atoms with van der Waals surface area (Å²) in [5, 5.41) is 12.2. The van der Waals surface area contributed by atoms with E-state index in [-0.39, 0.29) is 59.9 Å². The van der Waals surface area contributed by atoms with Gasteiger partial charge in [0, 0.05) is 45.9 Å². The maximum atomic E-state index is 14.2. The Bertz CT molecular complexity index is 1450. The lowest BCUT2D eigenvalue weighted by atomic mass is 9.89. The Morgan fingerprint density at radius 3 is 2.38 bits per heavy atom. The number of carbonyl (C=O) groups excluding carboxylic acids is 4. The topological polar surface area (TPSA) is 142 Å². The van der Waals surface area contributed by atoms with Crippen LogP contribution >= 0.6 is 11.3 Å². The lowest BCUT2D eigenvalue weighted by Crippen LogP contribution is -2.58. The summed E-state index contributed by atoms with van der Waals surface area (Å²) in [6, 6.07) is 8.31. The fourth-order valence-corrected chi connectivity index (χ4v) is 8.64. The van der Waals surface area contributed by atoms with Gasteiger partial charge < -0.3 is 35.2 Å². The molecule has 2 aromatic rings. The maximum Gasteiger partial charge on any atom is 0.245 e. The van der Waals surface area contributed by atoms with Gasteiger partial charge in [0.15, 0.2) is 0 Å². The van der Waals surface area contributed by atoms with Crippen LogP contribution in [0.4, 0.5) is 0 Å². The number of hydrogen-bond acceptors (Lipinski definition) is 9. The molecule has 3 heterocycles. The van der Waals surface area contributed by atoms with Gasteiger partial charge in [0.2, 0.25) is 23.6 Å². The van der Waals surface area contributed by atoms with Crippen LogP contribution in [0.25, 0.3) is 0 Å². The number of nitrogens with zero attached hydrogens (tertiary/aromatic N) is 3. The van der Waals surface area contributed by atoms with Crippen molar-refractivity contribution in [3.05, 3.63) is 52.5 Å². The van der Waals surface area contributed by atoms with Crippen LogP contribution in [0.1, 0.15) is 83.3 Å². The van der Waals surface area contributed by atoms with Gasteiger partial charge in [-0.3, -0.25) is 19.2 Å². The SMILES string of the molecule is CC[C@H](C)[C@@H](C(CC(=O)N1CCC[C@H]1[C@H](OC)[C@@H](C)C(=O)N[C@@H](Cc1ccccc1)c1nccs1)OC)N(C)C(=O)[C@@H](NC(=O)C1CCNC1)C(C)C. The van der Waals surface area contributed by atoms with E-state index in [1.54, 1.807) is 32.4 Å². The number of carbonyl (C=O) groups is 4. The van der Waals surface area contributed by atoms with Crippen LogP contribution in [0, 0.1) is 23.7 Å². The average Bonchev–Trinajstić information content (AvgIpc) is 3.97. The maximum absolute atomic E-state index is 14.2. The molecule has 53 heavy (non-hydrogen) atoms. The number of likely N-dealkylation sites (tertiary alicyclic amines) is 1. The minimum atomic E-state index is -0.700. The van der Waals surface area contributed by atoms with Gasteiger partial charge in [-0.05, 0) is 49.6 Å². The number of likely N-dealkylation sites (N-methyl/N-ethyl adjacent to an activating group) is 1. The molecule has 2 fully saturated rings. The lowest BCUT2D eigenvalue weighted by Gasteiger charge is -2.41. The Kier molecular flexibility index (Phi) is 16.3. The van der Waals surface area contributed by atoms with E-state index in [4.69, 9.17) is 9.47 Å². The van der Waals surface area contributed by atoms with Crippen LogP contribution in [0.3, 0.4) is 0 Å². The number of aromatic nitrogens is 1. The van der Waals surface area contributed by atoms with Crippen molar-refractivity contribution in [3.63, 3.8) is 0 Å². The van der Waals surface area contributed by atoms with Crippen LogP contribution in [0.15, 0.2) is 41.9 Å². The van der Waals surface area contributed by atoms with E-state index in [9.17, 15) is 19.2 Å². The summed E-state index contributed by atoms with van der Waals surface area (Å²) >= 11 is 1.51. The Labute approximate surface area is 320 Å². The molecule has 0 aliphatic carbocycles. The zero-order valence-corrected chi connectivity index (χ0v) is 33.7. The molecule has 0 bridgehead atoms. The Balaban J connectivity index is 1.47. The first kappa shape index (κ1) is 42.4. The molecule has 2 aliphatic rings. The third kappa shape index (κ3) is 10.9. The predicted molar refractivity (Wildman–Crippen MR) is 207 cm³/mol. The molecule has 4 rings (SSSR count). The van der Waals surface area contributed by atoms with Crippen LogP contribution < -0.4 is 16.0 Å². The van der Waals surface area contributed by atoms with Crippen molar-refractivity contribution in [3.8, 4) is 0 Å². The van der Waals surface area contributed by atoms with Crippen molar-refractivity contribution >= 4 is 35.0 Å². The van der Waals surface area contributed by atoms with E-state index in [0.717, 1.165) is 36.4 Å². The molecule has 0 spiro atoms. The van der Waals surface area contributed by atoms with E-state index >= 15 is 0 Å². The molecule has 2 unspecified atom stereocenters. The van der Waals surface area contributed by atoms with Crippen molar-refractivity contribution < 1.29 is 28.7 Å². The van der Waals surface area contributed by atoms with Crippen LogP contribution in [0.5, 0.6) is 0 Å². The van der Waals surface area contributed by atoms with Crippen molar-refractivity contribution in [1.82, 2.24) is 30.7 Å². The van der Waals surface area contributed by atoms with Crippen molar-refractivity contribution in [2.75, 3.05) is 40.9 Å². The Morgan fingerprint density at radius 2 is 1.79 bits per heavy atom. The van der Waals surface area contributed by atoms with Crippen molar-refractivity contribution in [1.29, 1.82) is 0 Å². The summed E-state index contributed by atoms with van der Waals surface area (Å²) in [4.78, 5) is 63.3. The van der Waals surface area contributed by atoms with Crippen molar-refractivity contribution in [2.45, 2.75) is 110 Å². The van der Waals surface area contributed by atoms with E-state index in [1.165, 1.54) is 11.3 Å². The molecular formula is C40H62N6O6S.